The summed E-state index contributed by atoms with van der Waals surface area (Å²) < 4.78 is 12.3. The van der Waals surface area contributed by atoms with E-state index in [1.54, 1.807) is 12.4 Å². The van der Waals surface area contributed by atoms with Crippen LogP contribution in [-0.2, 0) is 6.42 Å². The van der Waals surface area contributed by atoms with Crippen LogP contribution in [0.1, 0.15) is 80.8 Å². The molecule has 2 heterocycles. The highest BCUT2D eigenvalue weighted by atomic mass is 16.5. The van der Waals surface area contributed by atoms with Crippen molar-refractivity contribution in [3.05, 3.63) is 59.4 Å². The van der Waals surface area contributed by atoms with Crippen molar-refractivity contribution in [3.8, 4) is 5.75 Å². The molecule has 1 N–H and O–H groups in total. The normalized spacial score (nSPS) is 21.7. The number of Topliss-reactive ketones (excluding diaryl/α,β-unsaturated/α-hetero) is 1. The lowest BCUT2D eigenvalue weighted by Gasteiger charge is -2.28. The molecule has 1 aliphatic heterocycles. The summed E-state index contributed by atoms with van der Waals surface area (Å²) in [6, 6.07) is 7.42. The largest absolute Gasteiger partial charge is 0.484 e. The second-order valence-corrected chi connectivity index (χ2v) is 9.13. The number of para-hydroxylation sites is 1. The van der Waals surface area contributed by atoms with Gasteiger partial charge in [-0.1, -0.05) is 31.4 Å². The van der Waals surface area contributed by atoms with Gasteiger partial charge in [0, 0.05) is 24.1 Å². The van der Waals surface area contributed by atoms with Crippen molar-refractivity contribution in [1.29, 1.82) is 0 Å². The van der Waals surface area contributed by atoms with E-state index in [0.717, 1.165) is 24.5 Å². The molecule has 0 amide bonds. The van der Waals surface area contributed by atoms with Crippen LogP contribution in [0.15, 0.2) is 46.7 Å². The highest BCUT2D eigenvalue weighted by Crippen LogP contribution is 2.34. The minimum absolute atomic E-state index is 0.000573. The van der Waals surface area contributed by atoms with Crippen LogP contribution in [0.2, 0.25) is 0 Å². The lowest BCUT2D eigenvalue weighted by atomic mass is 9.89. The van der Waals surface area contributed by atoms with Crippen molar-refractivity contribution in [3.63, 3.8) is 0 Å². The van der Waals surface area contributed by atoms with Crippen LogP contribution >= 0.6 is 0 Å². The third kappa shape index (κ3) is 4.55. The van der Waals surface area contributed by atoms with Gasteiger partial charge in [0.1, 0.15) is 17.6 Å². The van der Waals surface area contributed by atoms with E-state index in [-0.39, 0.29) is 11.3 Å². The molecule has 1 saturated carbocycles. The molecule has 0 bridgehead atoms. The number of ketones is 1. The third-order valence-corrected chi connectivity index (χ3v) is 5.58. The maximum Gasteiger partial charge on any atom is 0.197 e. The van der Waals surface area contributed by atoms with E-state index in [4.69, 9.17) is 9.15 Å². The second-order valence-electron chi connectivity index (χ2n) is 9.13. The van der Waals surface area contributed by atoms with E-state index in [9.17, 15) is 4.79 Å². The lowest BCUT2D eigenvalue weighted by Crippen LogP contribution is -2.37. The topological polar surface area (TPSA) is 64.4 Å². The highest BCUT2D eigenvalue weighted by molar-refractivity contribution is 6.12. The number of benzene rings is 1. The number of carbonyl (C=O) groups is 1. The molecular weight excluding hydrogens is 364 g/mol. The van der Waals surface area contributed by atoms with Crippen LogP contribution in [0.25, 0.3) is 0 Å². The monoisotopic (exact) mass is 394 g/mol. The summed E-state index contributed by atoms with van der Waals surface area (Å²) in [5.41, 5.74) is 1.08. The predicted molar refractivity (Wildman–Crippen MR) is 112 cm³/mol. The number of hydrogen-bond acceptors (Lipinski definition) is 5. The zero-order valence-electron chi connectivity index (χ0n) is 17.5. The first kappa shape index (κ1) is 19.7. The van der Waals surface area contributed by atoms with Gasteiger partial charge >= 0.3 is 0 Å². The van der Waals surface area contributed by atoms with Crippen molar-refractivity contribution in [2.45, 2.75) is 76.9 Å². The molecule has 1 aromatic carbocycles. The molecular formula is C24H30N2O3. The molecule has 0 saturated heterocycles. The number of ether oxygens (including phenoxy) is 1. The number of oxazole rings is 1. The fourth-order valence-electron chi connectivity index (χ4n) is 4.02. The van der Waals surface area contributed by atoms with Gasteiger partial charge in [0.15, 0.2) is 11.7 Å². The highest BCUT2D eigenvalue weighted by Gasteiger charge is 2.33. The number of hydrogen-bond donors (Lipinski definition) is 1. The molecule has 2 aromatic rings. The molecule has 5 heteroatoms. The molecule has 0 radical (unpaired) electrons. The Kier molecular flexibility index (Phi) is 5.48. The van der Waals surface area contributed by atoms with E-state index in [0.29, 0.717) is 29.2 Å². The Bertz CT molecular complexity index is 901. The SMILES string of the molecule is CC(C)(C)N/C=C1\C(=O)c2ccccc2OC1Cc1cnc(C2CCCCC2)o1. The predicted octanol–water partition coefficient (Wildman–Crippen LogP) is 5.18. The molecule has 1 fully saturated rings. The van der Waals surface area contributed by atoms with Gasteiger partial charge in [-0.2, -0.15) is 0 Å². The Morgan fingerprint density at radius 1 is 1.17 bits per heavy atom. The number of rotatable bonds is 4. The van der Waals surface area contributed by atoms with Crippen molar-refractivity contribution in [1.82, 2.24) is 10.3 Å². The van der Waals surface area contributed by atoms with Crippen LogP contribution in [0.5, 0.6) is 5.75 Å². The molecule has 154 valence electrons. The Hall–Kier alpha value is -2.56. The summed E-state index contributed by atoms with van der Waals surface area (Å²) in [5, 5.41) is 3.32. The summed E-state index contributed by atoms with van der Waals surface area (Å²) in [5.74, 6) is 2.65. The summed E-state index contributed by atoms with van der Waals surface area (Å²) in [4.78, 5) is 17.7. The average Bonchev–Trinajstić information content (AvgIpc) is 3.16. The van der Waals surface area contributed by atoms with Crippen LogP contribution in [0.3, 0.4) is 0 Å². The fourth-order valence-corrected chi connectivity index (χ4v) is 4.02. The Balaban J connectivity index is 1.58. The lowest BCUT2D eigenvalue weighted by molar-refractivity contribution is 0.0956. The first-order chi connectivity index (χ1) is 13.9. The molecule has 1 aliphatic carbocycles. The minimum Gasteiger partial charge on any atom is -0.484 e. The first-order valence-corrected chi connectivity index (χ1v) is 10.6. The van der Waals surface area contributed by atoms with Crippen LogP contribution in [0, 0.1) is 0 Å². The zero-order chi connectivity index (χ0) is 20.4. The van der Waals surface area contributed by atoms with E-state index in [1.165, 1.54) is 19.3 Å². The van der Waals surface area contributed by atoms with Gasteiger partial charge in [-0.15, -0.1) is 0 Å². The van der Waals surface area contributed by atoms with Crippen molar-refractivity contribution < 1.29 is 13.9 Å². The van der Waals surface area contributed by atoms with E-state index in [1.807, 2.05) is 24.3 Å². The van der Waals surface area contributed by atoms with Gasteiger partial charge in [0.25, 0.3) is 0 Å². The maximum atomic E-state index is 13.2. The molecule has 1 atom stereocenters. The smallest absolute Gasteiger partial charge is 0.197 e. The Morgan fingerprint density at radius 2 is 1.93 bits per heavy atom. The van der Waals surface area contributed by atoms with Gasteiger partial charge in [-0.05, 0) is 45.7 Å². The van der Waals surface area contributed by atoms with Gasteiger partial charge in [-0.25, -0.2) is 4.98 Å². The number of aromatic nitrogens is 1. The molecule has 0 spiro atoms. The molecule has 29 heavy (non-hydrogen) atoms. The second kappa shape index (κ2) is 8.05. The Labute approximate surface area is 172 Å². The van der Waals surface area contributed by atoms with E-state index < -0.39 is 6.10 Å². The average molecular weight is 395 g/mol. The van der Waals surface area contributed by atoms with Gasteiger partial charge in [0.2, 0.25) is 0 Å². The van der Waals surface area contributed by atoms with E-state index >= 15 is 0 Å². The molecule has 1 aromatic heterocycles. The van der Waals surface area contributed by atoms with E-state index in [2.05, 4.69) is 31.1 Å². The summed E-state index contributed by atoms with van der Waals surface area (Å²) in [6.45, 7) is 6.19. The van der Waals surface area contributed by atoms with Gasteiger partial charge in [-0.3, -0.25) is 4.79 Å². The minimum atomic E-state index is -0.403. The summed E-state index contributed by atoms with van der Waals surface area (Å²) in [6.07, 6.45) is 9.76. The third-order valence-electron chi connectivity index (χ3n) is 5.58. The quantitative estimate of drug-likeness (QED) is 0.724. The van der Waals surface area contributed by atoms with Crippen molar-refractivity contribution in [2.24, 2.45) is 0 Å². The standard InChI is InChI=1S/C24H30N2O3/c1-24(2,3)26-15-19-21(29-20-12-8-7-11-18(20)22(19)27)13-17-14-25-23(28-17)16-9-5-4-6-10-16/h7-8,11-12,14-16,21,26H,4-6,9-10,13H2,1-3H3/b19-15-. The summed E-state index contributed by atoms with van der Waals surface area (Å²) in [7, 11) is 0. The number of nitrogens with one attached hydrogen (secondary N) is 1. The molecule has 4 rings (SSSR count). The molecule has 1 unspecified atom stereocenters. The van der Waals surface area contributed by atoms with Gasteiger partial charge in [0.05, 0.1) is 17.3 Å². The fraction of sp³-hybridized carbons (Fsp3) is 0.500. The zero-order valence-corrected chi connectivity index (χ0v) is 17.5. The van der Waals surface area contributed by atoms with Crippen molar-refractivity contribution >= 4 is 5.78 Å². The van der Waals surface area contributed by atoms with Crippen LogP contribution in [-0.4, -0.2) is 22.4 Å². The first-order valence-electron chi connectivity index (χ1n) is 10.6. The molecule has 5 nitrogen and oxygen atoms in total. The maximum absolute atomic E-state index is 13.2. The number of fused-ring (bicyclic) bond motifs is 1. The number of nitrogens with zero attached hydrogens (tertiary/aromatic N) is 1. The van der Waals surface area contributed by atoms with Crippen molar-refractivity contribution in [2.75, 3.05) is 0 Å². The van der Waals surface area contributed by atoms with Crippen LogP contribution in [0.4, 0.5) is 0 Å². The Morgan fingerprint density at radius 3 is 2.69 bits per heavy atom. The molecule has 2 aliphatic rings. The number of carbonyl (C=O) groups excluding carboxylic acids is 1. The van der Waals surface area contributed by atoms with Crippen LogP contribution < -0.4 is 10.1 Å². The van der Waals surface area contributed by atoms with Gasteiger partial charge < -0.3 is 14.5 Å². The summed E-state index contributed by atoms with van der Waals surface area (Å²) >= 11 is 0.